The number of hydrogen-bond acceptors (Lipinski definition) is 6. The Morgan fingerprint density at radius 2 is 1.41 bits per heavy atom. The van der Waals surface area contributed by atoms with E-state index in [9.17, 15) is 15.8 Å². The summed E-state index contributed by atoms with van der Waals surface area (Å²) in [4.78, 5) is -0.0126. The van der Waals surface area contributed by atoms with Crippen molar-refractivity contribution in [1.82, 2.24) is 0 Å². The van der Waals surface area contributed by atoms with Crippen LogP contribution in [0.3, 0.4) is 0 Å². The number of aryl methyl sites for hydroxylation is 1. The van der Waals surface area contributed by atoms with Crippen molar-refractivity contribution >= 4 is 10.1 Å². The van der Waals surface area contributed by atoms with E-state index >= 15 is 0 Å². The van der Waals surface area contributed by atoms with E-state index in [4.69, 9.17) is 6.08 Å². The van der Waals surface area contributed by atoms with Crippen LogP contribution in [0, 0.1) is 0 Å². The third kappa shape index (κ3) is 11.6. The molecule has 0 radical (unpaired) electrons. The molecule has 2 N–H and O–H groups in total. The van der Waals surface area contributed by atoms with Gasteiger partial charge in [-0.3, -0.25) is 0 Å². The van der Waals surface area contributed by atoms with Crippen LogP contribution in [0.4, 0.5) is 0 Å². The van der Waals surface area contributed by atoms with Crippen molar-refractivity contribution in [3.8, 4) is 0 Å². The minimum absolute atomic E-state index is 0.0126. The van der Waals surface area contributed by atoms with E-state index in [0.717, 1.165) is 19.3 Å². The molecule has 0 heterocycles. The van der Waals surface area contributed by atoms with Crippen LogP contribution in [0.15, 0.2) is 29.2 Å². The fourth-order valence-corrected chi connectivity index (χ4v) is 7.33. The van der Waals surface area contributed by atoms with E-state index in [1.165, 1.54) is 51.0 Å². The zero-order valence-corrected chi connectivity index (χ0v) is 20.5. The van der Waals surface area contributed by atoms with Crippen molar-refractivity contribution in [3.63, 3.8) is 0 Å². The van der Waals surface area contributed by atoms with Gasteiger partial charge in [0.1, 0.15) is 0 Å². The van der Waals surface area contributed by atoms with Gasteiger partial charge in [-0.2, -0.15) is 0 Å². The average molecular weight is 466 g/mol. The summed E-state index contributed by atoms with van der Waals surface area (Å²) < 4.78 is 54.4. The van der Waals surface area contributed by atoms with Gasteiger partial charge in [0.15, 0.2) is 0 Å². The summed E-state index contributed by atoms with van der Waals surface area (Å²) in [5, 5.41) is 0. The molecule has 0 fully saturated rings. The second-order valence-electron chi connectivity index (χ2n) is 7.79. The standard InChI is InChI=1S/C18H30O3S.C3H7O.2H2O.Ti/c1-2-3-4-5-6-7-8-9-10-11-14-17-15-12-13-16-18(17)22(19,20)21;1-3(2)4;;;/h12-13,15-16H,2-11,14H2,1H3,(H,19,20,21);3H,1-2H3;2*1H2;/q;-1;;;+4/p-3. The van der Waals surface area contributed by atoms with Gasteiger partial charge in [0.25, 0.3) is 0 Å². The molecule has 0 aromatic heterocycles. The van der Waals surface area contributed by atoms with E-state index in [0.29, 0.717) is 12.0 Å². The van der Waals surface area contributed by atoms with Crippen molar-refractivity contribution < 1.29 is 40.0 Å². The van der Waals surface area contributed by atoms with Crippen LogP contribution in [-0.4, -0.2) is 21.9 Å². The maximum atomic E-state index is 12.6. The SMILES string of the molecule is CCCCCCCCCCCCc1ccccc1S(=O)(=O)[O][Ti]([OH])([OH])[O]C(C)C. The number of hydrogen-bond donors (Lipinski definition) is 2. The first-order chi connectivity index (χ1) is 13.7. The topological polar surface area (TPSA) is 93.1 Å². The first-order valence-corrected chi connectivity index (χ1v) is 14.9. The van der Waals surface area contributed by atoms with Crippen LogP contribution in [0.25, 0.3) is 0 Å². The number of rotatable bonds is 16. The normalized spacial score (nSPS) is 12.6. The Hall–Kier alpha value is -0.276. The van der Waals surface area contributed by atoms with Gasteiger partial charge in [-0.25, -0.2) is 0 Å². The summed E-state index contributed by atoms with van der Waals surface area (Å²) in [7, 11) is -4.30. The average Bonchev–Trinajstić information content (AvgIpc) is 2.61. The fraction of sp³-hybridized carbons (Fsp3) is 0.714. The van der Waals surface area contributed by atoms with E-state index in [1.54, 1.807) is 32.0 Å². The van der Waals surface area contributed by atoms with Crippen LogP contribution in [-0.2, 0) is 40.8 Å². The summed E-state index contributed by atoms with van der Waals surface area (Å²) in [6, 6.07) is 6.57. The Bertz CT molecular complexity index is 676. The van der Waals surface area contributed by atoms with E-state index in [-0.39, 0.29) is 4.90 Å². The molecule has 1 rings (SSSR count). The van der Waals surface area contributed by atoms with Crippen LogP contribution in [0.5, 0.6) is 0 Å². The molecule has 0 atom stereocenters. The first-order valence-electron chi connectivity index (χ1n) is 10.8. The van der Waals surface area contributed by atoms with Gasteiger partial charge in [-0.15, -0.1) is 0 Å². The van der Waals surface area contributed by atoms with E-state index in [2.05, 4.69) is 6.92 Å². The molecule has 0 unspecified atom stereocenters. The Morgan fingerprint density at radius 1 is 0.897 bits per heavy atom. The molecule has 0 saturated heterocycles. The van der Waals surface area contributed by atoms with Crippen LogP contribution >= 0.6 is 0 Å². The van der Waals surface area contributed by atoms with Gasteiger partial charge in [-0.05, 0) is 0 Å². The zero-order valence-electron chi connectivity index (χ0n) is 18.1. The summed E-state index contributed by atoms with van der Waals surface area (Å²) >= 11 is -5.31. The molecule has 0 saturated carbocycles. The van der Waals surface area contributed by atoms with Crippen LogP contribution in [0.2, 0.25) is 0 Å². The molecule has 0 aliphatic heterocycles. The summed E-state index contributed by atoms with van der Waals surface area (Å²) in [5.41, 5.74) is 0.634. The Kier molecular flexibility index (Phi) is 12.8. The number of unbranched alkanes of at least 4 members (excludes halogenated alkanes) is 9. The molecule has 0 spiro atoms. The summed E-state index contributed by atoms with van der Waals surface area (Å²) in [5.74, 6) is 0. The molecule has 8 heteroatoms. The van der Waals surface area contributed by atoms with Crippen molar-refractivity contribution in [2.24, 2.45) is 0 Å². The Labute approximate surface area is 182 Å². The Morgan fingerprint density at radius 3 is 1.97 bits per heavy atom. The summed E-state index contributed by atoms with van der Waals surface area (Å²) in [6.45, 7) is 5.39. The third-order valence-corrected chi connectivity index (χ3v) is 9.28. The number of benzene rings is 1. The molecule has 29 heavy (non-hydrogen) atoms. The first kappa shape index (κ1) is 26.8. The van der Waals surface area contributed by atoms with Crippen LogP contribution in [0.1, 0.15) is 90.5 Å². The zero-order chi connectivity index (χ0) is 21.8. The van der Waals surface area contributed by atoms with Crippen molar-refractivity contribution in [1.29, 1.82) is 0 Å². The van der Waals surface area contributed by atoms with Crippen molar-refractivity contribution in [2.45, 2.75) is 102 Å². The molecule has 0 bridgehead atoms. The van der Waals surface area contributed by atoms with Gasteiger partial charge in [0.2, 0.25) is 0 Å². The monoisotopic (exact) mass is 466 g/mol. The van der Waals surface area contributed by atoms with Crippen molar-refractivity contribution in [3.05, 3.63) is 29.8 Å². The molecular weight excluding hydrogens is 428 g/mol. The quantitative estimate of drug-likeness (QED) is 0.261. The molecule has 0 aliphatic carbocycles. The third-order valence-electron chi connectivity index (χ3n) is 4.65. The van der Waals surface area contributed by atoms with Crippen molar-refractivity contribution in [2.75, 3.05) is 0 Å². The predicted molar refractivity (Wildman–Crippen MR) is 111 cm³/mol. The minimum atomic E-state index is -5.31. The fourth-order valence-electron chi connectivity index (χ4n) is 3.27. The molecule has 1 aromatic carbocycles. The second kappa shape index (κ2) is 13.9. The van der Waals surface area contributed by atoms with E-state index < -0.39 is 34.4 Å². The van der Waals surface area contributed by atoms with Gasteiger partial charge in [-0.1, -0.05) is 26.2 Å². The van der Waals surface area contributed by atoms with Crippen LogP contribution < -0.4 is 0 Å². The van der Waals surface area contributed by atoms with Gasteiger partial charge in [0.05, 0.1) is 0 Å². The maximum absolute atomic E-state index is 12.6. The van der Waals surface area contributed by atoms with Gasteiger partial charge < -0.3 is 0 Å². The van der Waals surface area contributed by atoms with Gasteiger partial charge >= 0.3 is 156 Å². The van der Waals surface area contributed by atoms with Gasteiger partial charge in [0, 0.05) is 0 Å². The molecule has 1 aromatic rings. The molecule has 168 valence electrons. The predicted octanol–water partition coefficient (Wildman–Crippen LogP) is 5.08. The molecular formula is C21H38O6STi. The Balaban J connectivity index is 2.49. The molecule has 0 amide bonds. The van der Waals surface area contributed by atoms with E-state index in [1.807, 2.05) is 0 Å². The molecule has 0 aliphatic rings. The molecule has 6 nitrogen and oxygen atoms in total. The summed E-state index contributed by atoms with van der Waals surface area (Å²) in [6.07, 6.45) is 12.2. The second-order valence-corrected chi connectivity index (χ2v) is 12.2.